The summed E-state index contributed by atoms with van der Waals surface area (Å²) >= 11 is 0. The summed E-state index contributed by atoms with van der Waals surface area (Å²) in [7, 11) is -3.52. The topological polar surface area (TPSA) is 67.9 Å². The van der Waals surface area contributed by atoms with Gasteiger partial charge in [-0.25, -0.2) is 13.1 Å². The van der Waals surface area contributed by atoms with Gasteiger partial charge in [-0.3, -0.25) is 4.90 Å². The molecule has 1 unspecified atom stereocenters. The van der Waals surface area contributed by atoms with Crippen molar-refractivity contribution in [2.45, 2.75) is 42.7 Å². The van der Waals surface area contributed by atoms with Crippen LogP contribution < -0.4 is 9.46 Å². The average Bonchev–Trinajstić information content (AvgIpc) is 3.45. The lowest BCUT2D eigenvalue weighted by atomic mass is 10.1. The summed E-state index contributed by atoms with van der Waals surface area (Å²) in [6.45, 7) is 3.47. The molecule has 2 aliphatic heterocycles. The third kappa shape index (κ3) is 3.59. The van der Waals surface area contributed by atoms with E-state index in [0.717, 1.165) is 37.2 Å². The Morgan fingerprint density at radius 3 is 2.96 bits per heavy atom. The number of rotatable bonds is 5. The van der Waals surface area contributed by atoms with Gasteiger partial charge in [0.1, 0.15) is 5.75 Å². The van der Waals surface area contributed by atoms with Gasteiger partial charge in [0.05, 0.1) is 24.2 Å². The predicted octanol–water partition coefficient (Wildman–Crippen LogP) is 1.15. The minimum atomic E-state index is -3.52. The molecule has 1 atom stereocenters. The van der Waals surface area contributed by atoms with E-state index in [9.17, 15) is 8.42 Å². The van der Waals surface area contributed by atoms with E-state index in [4.69, 9.17) is 9.47 Å². The first-order chi connectivity index (χ1) is 11.6. The van der Waals surface area contributed by atoms with Gasteiger partial charge in [-0.15, -0.1) is 0 Å². The molecular weight excluding hydrogens is 328 g/mol. The van der Waals surface area contributed by atoms with Crippen LogP contribution >= 0.6 is 0 Å². The van der Waals surface area contributed by atoms with Crippen molar-refractivity contribution in [1.82, 2.24) is 9.62 Å². The lowest BCUT2D eigenvalue weighted by Crippen LogP contribution is -2.48. The Balaban J connectivity index is 1.39. The van der Waals surface area contributed by atoms with Crippen LogP contribution in [0.2, 0.25) is 0 Å². The number of aryl methyl sites for hydroxylation is 1. The molecule has 24 heavy (non-hydrogen) atoms. The molecule has 0 aromatic heterocycles. The van der Waals surface area contributed by atoms with E-state index in [1.165, 1.54) is 12.8 Å². The van der Waals surface area contributed by atoms with E-state index in [1.54, 1.807) is 18.2 Å². The Morgan fingerprint density at radius 1 is 1.25 bits per heavy atom. The summed E-state index contributed by atoms with van der Waals surface area (Å²) in [4.78, 5) is 2.72. The van der Waals surface area contributed by atoms with Crippen LogP contribution in [0.25, 0.3) is 0 Å². The maximum absolute atomic E-state index is 12.6. The van der Waals surface area contributed by atoms with E-state index in [-0.39, 0.29) is 6.10 Å². The first kappa shape index (κ1) is 16.3. The number of nitrogens with one attached hydrogen (secondary N) is 1. The zero-order valence-corrected chi connectivity index (χ0v) is 14.6. The molecule has 1 aromatic carbocycles. The number of fused-ring (bicyclic) bond motifs is 1. The van der Waals surface area contributed by atoms with Gasteiger partial charge in [-0.1, -0.05) is 0 Å². The lowest BCUT2D eigenvalue weighted by molar-refractivity contribution is -0.0277. The second-order valence-corrected chi connectivity index (χ2v) is 8.56. The molecule has 0 bridgehead atoms. The molecule has 7 heteroatoms. The van der Waals surface area contributed by atoms with Gasteiger partial charge in [0.2, 0.25) is 10.0 Å². The van der Waals surface area contributed by atoms with Gasteiger partial charge >= 0.3 is 0 Å². The number of hydrogen-bond donors (Lipinski definition) is 1. The molecule has 2 heterocycles. The van der Waals surface area contributed by atoms with Crippen molar-refractivity contribution < 1.29 is 17.9 Å². The van der Waals surface area contributed by atoms with Gasteiger partial charge in [0, 0.05) is 25.7 Å². The Bertz CT molecular complexity index is 703. The van der Waals surface area contributed by atoms with Crippen LogP contribution in [-0.4, -0.2) is 58.3 Å². The van der Waals surface area contributed by atoms with Gasteiger partial charge in [0.15, 0.2) is 0 Å². The van der Waals surface area contributed by atoms with Crippen LogP contribution in [0.15, 0.2) is 23.1 Å². The summed E-state index contributed by atoms with van der Waals surface area (Å²) in [5.74, 6) is 0.802. The number of morpholine rings is 1. The van der Waals surface area contributed by atoms with Crippen LogP contribution in [0.4, 0.5) is 0 Å². The van der Waals surface area contributed by atoms with Gasteiger partial charge in [-0.2, -0.15) is 0 Å². The van der Waals surface area contributed by atoms with Crippen molar-refractivity contribution in [2.75, 3.05) is 32.8 Å². The third-order valence-corrected chi connectivity index (χ3v) is 6.35. The summed E-state index contributed by atoms with van der Waals surface area (Å²) in [6.07, 6.45) is 4.23. The quantitative estimate of drug-likeness (QED) is 0.861. The minimum absolute atomic E-state index is 0.0740. The predicted molar refractivity (Wildman–Crippen MR) is 89.8 cm³/mol. The van der Waals surface area contributed by atoms with Crippen molar-refractivity contribution in [1.29, 1.82) is 0 Å². The zero-order valence-electron chi connectivity index (χ0n) is 13.7. The van der Waals surface area contributed by atoms with Crippen LogP contribution in [0.5, 0.6) is 5.75 Å². The highest BCUT2D eigenvalue weighted by Crippen LogP contribution is 2.29. The fourth-order valence-electron chi connectivity index (χ4n) is 3.43. The van der Waals surface area contributed by atoms with E-state index >= 15 is 0 Å². The molecule has 6 nitrogen and oxygen atoms in total. The fraction of sp³-hybridized carbons (Fsp3) is 0.647. The largest absolute Gasteiger partial charge is 0.493 e. The highest BCUT2D eigenvalue weighted by Gasteiger charge is 2.33. The summed E-state index contributed by atoms with van der Waals surface area (Å²) in [6, 6.07) is 5.79. The fourth-order valence-corrected chi connectivity index (χ4v) is 4.54. The molecule has 0 amide bonds. The highest BCUT2D eigenvalue weighted by atomic mass is 32.2. The maximum atomic E-state index is 12.6. The van der Waals surface area contributed by atoms with E-state index < -0.39 is 10.0 Å². The summed E-state index contributed by atoms with van der Waals surface area (Å²) in [5.41, 5.74) is 0.970. The summed E-state index contributed by atoms with van der Waals surface area (Å²) in [5, 5.41) is 0. The molecule has 0 radical (unpaired) electrons. The van der Waals surface area contributed by atoms with Gasteiger partial charge in [-0.05, 0) is 49.4 Å². The molecule has 2 fully saturated rings. The molecule has 1 saturated heterocycles. The number of sulfonamides is 1. The van der Waals surface area contributed by atoms with Crippen LogP contribution in [0.1, 0.15) is 24.8 Å². The van der Waals surface area contributed by atoms with E-state index in [1.807, 2.05) is 0 Å². The summed E-state index contributed by atoms with van der Waals surface area (Å²) < 4.78 is 39.1. The monoisotopic (exact) mass is 352 g/mol. The molecule has 1 N–H and O–H groups in total. The SMILES string of the molecule is O=S(=O)(NCC1CN(C2CC2)CCO1)c1ccc2c(c1)CCCO2. The van der Waals surface area contributed by atoms with Gasteiger partial charge in [0.25, 0.3) is 0 Å². The molecular formula is C17H24N2O4S. The van der Waals surface area contributed by atoms with E-state index in [0.29, 0.717) is 30.7 Å². The Kier molecular flexibility index (Phi) is 4.51. The molecule has 1 aromatic rings. The molecule has 3 aliphatic rings. The Labute approximate surface area is 143 Å². The second kappa shape index (κ2) is 6.63. The zero-order chi connectivity index (χ0) is 16.6. The minimum Gasteiger partial charge on any atom is -0.493 e. The van der Waals surface area contributed by atoms with Crippen LogP contribution in [0.3, 0.4) is 0 Å². The lowest BCUT2D eigenvalue weighted by Gasteiger charge is -2.33. The van der Waals surface area contributed by atoms with Crippen LogP contribution in [-0.2, 0) is 21.2 Å². The normalized spacial score (nSPS) is 25.1. The Morgan fingerprint density at radius 2 is 2.12 bits per heavy atom. The Hall–Kier alpha value is -1.15. The first-order valence-electron chi connectivity index (χ1n) is 8.73. The molecule has 1 aliphatic carbocycles. The van der Waals surface area contributed by atoms with Crippen LogP contribution in [0, 0.1) is 0 Å². The van der Waals surface area contributed by atoms with Crippen molar-refractivity contribution in [3.63, 3.8) is 0 Å². The number of nitrogens with zero attached hydrogens (tertiary/aromatic N) is 1. The maximum Gasteiger partial charge on any atom is 0.240 e. The molecule has 0 spiro atoms. The number of hydrogen-bond acceptors (Lipinski definition) is 5. The average molecular weight is 352 g/mol. The first-order valence-corrected chi connectivity index (χ1v) is 10.2. The molecule has 1 saturated carbocycles. The van der Waals surface area contributed by atoms with E-state index in [2.05, 4.69) is 9.62 Å². The second-order valence-electron chi connectivity index (χ2n) is 6.79. The molecule has 4 rings (SSSR count). The van der Waals surface area contributed by atoms with Crippen molar-refractivity contribution in [3.8, 4) is 5.75 Å². The number of benzene rings is 1. The molecule has 132 valence electrons. The highest BCUT2D eigenvalue weighted by molar-refractivity contribution is 7.89. The van der Waals surface area contributed by atoms with Crippen molar-refractivity contribution >= 4 is 10.0 Å². The smallest absolute Gasteiger partial charge is 0.240 e. The third-order valence-electron chi connectivity index (χ3n) is 4.92. The van der Waals surface area contributed by atoms with Gasteiger partial charge < -0.3 is 9.47 Å². The van der Waals surface area contributed by atoms with Crippen molar-refractivity contribution in [3.05, 3.63) is 23.8 Å². The van der Waals surface area contributed by atoms with Crippen molar-refractivity contribution in [2.24, 2.45) is 0 Å². The standard InChI is InChI=1S/C17H24N2O4S/c20-24(21,16-5-6-17-13(10-16)2-1-8-23-17)18-11-15-12-19(7-9-22-15)14-3-4-14/h5-6,10,14-15,18H,1-4,7-9,11-12H2. The number of ether oxygens (including phenoxy) is 2.